The van der Waals surface area contributed by atoms with Gasteiger partial charge in [-0.3, -0.25) is 4.79 Å². The zero-order valence-corrected chi connectivity index (χ0v) is 12.0. The van der Waals surface area contributed by atoms with E-state index in [-0.39, 0.29) is 19.4 Å². The molecule has 1 aliphatic heterocycles. The minimum Gasteiger partial charge on any atom is -0.479 e. The Morgan fingerprint density at radius 3 is 2.70 bits per heavy atom. The van der Waals surface area contributed by atoms with E-state index in [1.165, 1.54) is 12.1 Å². The maximum atomic E-state index is 13.8. The number of rotatable bonds is 3. The van der Waals surface area contributed by atoms with Crippen LogP contribution in [0.2, 0.25) is 0 Å². The summed E-state index contributed by atoms with van der Waals surface area (Å²) >= 11 is 3.01. The third-order valence-electron chi connectivity index (χ3n) is 3.29. The molecule has 1 aromatic rings. The van der Waals surface area contributed by atoms with Gasteiger partial charge in [-0.2, -0.15) is 0 Å². The lowest BCUT2D eigenvalue weighted by Crippen LogP contribution is -2.39. The van der Waals surface area contributed by atoms with Crippen molar-refractivity contribution in [2.75, 3.05) is 13.1 Å². The molecule has 0 radical (unpaired) electrons. The number of benzene rings is 1. The second kappa shape index (κ2) is 5.47. The van der Waals surface area contributed by atoms with E-state index in [1.807, 2.05) is 0 Å². The predicted octanol–water partition coefficient (Wildman–Crippen LogP) is 2.16. The van der Waals surface area contributed by atoms with E-state index in [2.05, 4.69) is 15.9 Å². The Morgan fingerprint density at radius 2 is 2.15 bits per heavy atom. The van der Waals surface area contributed by atoms with Crippen molar-refractivity contribution in [2.45, 2.75) is 18.5 Å². The molecule has 20 heavy (non-hydrogen) atoms. The fourth-order valence-electron chi connectivity index (χ4n) is 2.10. The molecule has 1 saturated heterocycles. The van der Waals surface area contributed by atoms with E-state index in [1.54, 1.807) is 6.07 Å². The van der Waals surface area contributed by atoms with Crippen LogP contribution in [0.1, 0.15) is 12.0 Å². The lowest BCUT2D eigenvalue weighted by molar-refractivity contribution is -0.150. The van der Waals surface area contributed by atoms with Crippen LogP contribution >= 0.6 is 15.9 Å². The van der Waals surface area contributed by atoms with Gasteiger partial charge in [0, 0.05) is 13.0 Å². The van der Waals surface area contributed by atoms with Crippen molar-refractivity contribution in [3.8, 4) is 0 Å². The summed E-state index contributed by atoms with van der Waals surface area (Å²) in [5.74, 6) is -2.45. The van der Waals surface area contributed by atoms with Crippen LogP contribution < -0.4 is 0 Å². The Morgan fingerprint density at radius 1 is 1.45 bits per heavy atom. The van der Waals surface area contributed by atoms with E-state index in [9.17, 15) is 18.4 Å². The number of carbonyl (C=O) groups is 2. The molecule has 4 nitrogen and oxygen atoms in total. The van der Waals surface area contributed by atoms with E-state index < -0.39 is 29.9 Å². The SMILES string of the molecule is O=C(Cc1ccc(Br)c(F)c1)N1CCC(F)(C(=O)O)C1. The number of aliphatic carboxylic acids is 1. The summed E-state index contributed by atoms with van der Waals surface area (Å²) in [5, 5.41) is 8.76. The van der Waals surface area contributed by atoms with Crippen molar-refractivity contribution >= 4 is 27.8 Å². The van der Waals surface area contributed by atoms with Crippen LogP contribution in [0.4, 0.5) is 8.78 Å². The van der Waals surface area contributed by atoms with Gasteiger partial charge in [-0.25, -0.2) is 13.6 Å². The number of carbonyl (C=O) groups excluding carboxylic acids is 1. The molecule has 0 spiro atoms. The summed E-state index contributed by atoms with van der Waals surface area (Å²) in [6.45, 7) is -0.402. The van der Waals surface area contributed by atoms with Gasteiger partial charge in [0.15, 0.2) is 0 Å². The first kappa shape index (κ1) is 14.9. The van der Waals surface area contributed by atoms with Gasteiger partial charge < -0.3 is 10.0 Å². The summed E-state index contributed by atoms with van der Waals surface area (Å²) < 4.78 is 27.5. The molecule has 0 aliphatic carbocycles. The largest absolute Gasteiger partial charge is 0.479 e. The molecule has 1 unspecified atom stereocenters. The normalized spacial score (nSPS) is 22.1. The van der Waals surface area contributed by atoms with Crippen LogP contribution in [-0.4, -0.2) is 40.6 Å². The quantitative estimate of drug-likeness (QED) is 0.911. The van der Waals surface area contributed by atoms with E-state index in [0.29, 0.717) is 10.0 Å². The van der Waals surface area contributed by atoms with Crippen molar-refractivity contribution in [1.82, 2.24) is 4.90 Å². The highest BCUT2D eigenvalue weighted by atomic mass is 79.9. The summed E-state index contributed by atoms with van der Waals surface area (Å²) in [6, 6.07) is 4.29. The van der Waals surface area contributed by atoms with Crippen LogP contribution in [0.15, 0.2) is 22.7 Å². The van der Waals surface area contributed by atoms with Gasteiger partial charge >= 0.3 is 5.97 Å². The molecule has 0 saturated carbocycles. The van der Waals surface area contributed by atoms with Crippen LogP contribution in [0.3, 0.4) is 0 Å². The van der Waals surface area contributed by atoms with Gasteiger partial charge in [0.1, 0.15) is 5.82 Å². The zero-order valence-electron chi connectivity index (χ0n) is 10.4. The maximum absolute atomic E-state index is 13.8. The Balaban J connectivity index is 2.03. The van der Waals surface area contributed by atoms with Crippen LogP contribution in [0.5, 0.6) is 0 Å². The summed E-state index contributed by atoms with van der Waals surface area (Å²) in [7, 11) is 0. The highest BCUT2D eigenvalue weighted by Gasteiger charge is 2.46. The number of likely N-dealkylation sites (tertiary alicyclic amines) is 1. The first-order valence-electron chi connectivity index (χ1n) is 5.96. The molecule has 0 bridgehead atoms. The average Bonchev–Trinajstić information content (AvgIpc) is 2.78. The molecule has 1 atom stereocenters. The van der Waals surface area contributed by atoms with Crippen molar-refractivity contribution in [2.24, 2.45) is 0 Å². The second-order valence-electron chi connectivity index (χ2n) is 4.76. The molecule has 1 amide bonds. The lowest BCUT2D eigenvalue weighted by Gasteiger charge is -2.17. The van der Waals surface area contributed by atoms with Gasteiger partial charge in [0.25, 0.3) is 0 Å². The highest BCUT2D eigenvalue weighted by Crippen LogP contribution is 2.26. The molecule has 1 heterocycles. The van der Waals surface area contributed by atoms with Gasteiger partial charge in [-0.05, 0) is 33.6 Å². The van der Waals surface area contributed by atoms with E-state index in [0.717, 1.165) is 4.90 Å². The third-order valence-corrected chi connectivity index (χ3v) is 3.94. The highest BCUT2D eigenvalue weighted by molar-refractivity contribution is 9.10. The number of hydrogen-bond donors (Lipinski definition) is 1. The first-order chi connectivity index (χ1) is 9.32. The average molecular weight is 348 g/mol. The Labute approximate surface area is 122 Å². The number of carboxylic acids is 1. The molecule has 1 N–H and O–H groups in total. The Hall–Kier alpha value is -1.50. The van der Waals surface area contributed by atoms with Gasteiger partial charge in [-0.1, -0.05) is 6.07 Å². The Bertz CT molecular complexity index is 567. The summed E-state index contributed by atoms with van der Waals surface area (Å²) in [5.41, 5.74) is -1.91. The number of hydrogen-bond acceptors (Lipinski definition) is 2. The molecule has 1 aliphatic rings. The molecule has 1 aromatic carbocycles. The number of halogens is 3. The fraction of sp³-hybridized carbons (Fsp3) is 0.385. The molecule has 7 heteroatoms. The van der Waals surface area contributed by atoms with Crippen LogP contribution in [-0.2, 0) is 16.0 Å². The maximum Gasteiger partial charge on any atom is 0.343 e. The van der Waals surface area contributed by atoms with Crippen LogP contribution in [0, 0.1) is 5.82 Å². The van der Waals surface area contributed by atoms with Gasteiger partial charge in [0.2, 0.25) is 11.6 Å². The molecular formula is C13H12BrF2NO3. The monoisotopic (exact) mass is 347 g/mol. The standard InChI is InChI=1S/C13H12BrF2NO3/c14-9-2-1-8(5-10(9)15)6-11(18)17-4-3-13(16,7-17)12(19)20/h1-2,5H,3-4,6-7H2,(H,19,20). The zero-order chi connectivity index (χ0) is 14.9. The third kappa shape index (κ3) is 2.98. The molecule has 0 aromatic heterocycles. The van der Waals surface area contributed by atoms with Gasteiger partial charge in [-0.15, -0.1) is 0 Å². The molecule has 108 valence electrons. The molecule has 2 rings (SSSR count). The predicted molar refractivity (Wildman–Crippen MR) is 70.5 cm³/mol. The topological polar surface area (TPSA) is 57.6 Å². The minimum absolute atomic E-state index is 0.0562. The fourth-order valence-corrected chi connectivity index (χ4v) is 2.34. The number of alkyl halides is 1. The van der Waals surface area contributed by atoms with E-state index in [4.69, 9.17) is 5.11 Å². The molecule has 1 fully saturated rings. The van der Waals surface area contributed by atoms with Crippen molar-refractivity contribution in [3.05, 3.63) is 34.1 Å². The van der Waals surface area contributed by atoms with Crippen LogP contribution in [0.25, 0.3) is 0 Å². The minimum atomic E-state index is -2.37. The van der Waals surface area contributed by atoms with Crippen molar-refractivity contribution < 1.29 is 23.5 Å². The van der Waals surface area contributed by atoms with Gasteiger partial charge in [0.05, 0.1) is 17.4 Å². The van der Waals surface area contributed by atoms with E-state index >= 15 is 0 Å². The summed E-state index contributed by atoms with van der Waals surface area (Å²) in [6.07, 6.45) is -0.303. The lowest BCUT2D eigenvalue weighted by atomic mass is 10.1. The number of nitrogens with zero attached hydrogens (tertiary/aromatic N) is 1. The summed E-state index contributed by atoms with van der Waals surface area (Å²) in [4.78, 5) is 23.9. The Kier molecular flexibility index (Phi) is 4.08. The number of carboxylic acid groups (broad SMARTS) is 1. The van der Waals surface area contributed by atoms with Crippen molar-refractivity contribution in [1.29, 1.82) is 0 Å². The smallest absolute Gasteiger partial charge is 0.343 e. The molecular weight excluding hydrogens is 336 g/mol. The second-order valence-corrected chi connectivity index (χ2v) is 5.62. The first-order valence-corrected chi connectivity index (χ1v) is 6.75. The number of amides is 1. The van der Waals surface area contributed by atoms with Crippen molar-refractivity contribution in [3.63, 3.8) is 0 Å².